The summed E-state index contributed by atoms with van der Waals surface area (Å²) in [6, 6.07) is 1.61. The number of rotatable bonds is 3. The van der Waals surface area contributed by atoms with Gasteiger partial charge >= 0.3 is 0 Å². The van der Waals surface area contributed by atoms with E-state index in [0.29, 0.717) is 25.3 Å². The maximum Gasteiger partial charge on any atom is 0.254 e. The molecule has 1 amide bonds. The molecule has 3 heterocycles. The van der Waals surface area contributed by atoms with E-state index < -0.39 is 6.04 Å². The van der Waals surface area contributed by atoms with E-state index in [0.717, 1.165) is 24.6 Å². The minimum atomic E-state index is -0.392. The second kappa shape index (κ2) is 5.88. The van der Waals surface area contributed by atoms with Crippen LogP contribution in [0.25, 0.3) is 5.78 Å². The Morgan fingerprint density at radius 3 is 2.77 bits per heavy atom. The maximum absolute atomic E-state index is 12.1. The zero-order valence-corrected chi connectivity index (χ0v) is 12.9. The van der Waals surface area contributed by atoms with Gasteiger partial charge in [-0.15, -0.1) is 0 Å². The van der Waals surface area contributed by atoms with Crippen LogP contribution in [0, 0.1) is 6.92 Å². The molecule has 1 fully saturated rings. The van der Waals surface area contributed by atoms with E-state index in [1.807, 2.05) is 24.8 Å². The van der Waals surface area contributed by atoms with Crippen molar-refractivity contribution in [2.24, 2.45) is 5.73 Å². The number of piperazine rings is 1. The van der Waals surface area contributed by atoms with Crippen LogP contribution in [0.3, 0.4) is 0 Å². The minimum absolute atomic E-state index is 0.0407. The lowest BCUT2D eigenvalue weighted by Gasteiger charge is -2.36. The predicted octanol–water partition coefficient (Wildman–Crippen LogP) is -0.181. The number of aryl methyl sites for hydroxylation is 1. The molecule has 0 aliphatic carbocycles. The first-order valence-electron chi connectivity index (χ1n) is 7.57. The number of nitrogens with two attached hydrogens (primary N) is 1. The Bertz CT molecular complexity index is 675. The standard InChI is InChI=1S/C14H21N7O/c1-3-11(15)13(22)20-6-4-19(5-7-20)12-8-10(2)18-14-16-9-17-21(12)14/h8-9,11H,3-7,15H2,1-2H3/t11-/m0/s1. The van der Waals surface area contributed by atoms with Crippen LogP contribution in [0.1, 0.15) is 19.0 Å². The van der Waals surface area contributed by atoms with Crippen molar-refractivity contribution >= 4 is 17.5 Å². The quantitative estimate of drug-likeness (QED) is 0.845. The van der Waals surface area contributed by atoms with Crippen molar-refractivity contribution in [1.29, 1.82) is 0 Å². The van der Waals surface area contributed by atoms with E-state index in [1.165, 1.54) is 6.33 Å². The molecule has 0 saturated carbocycles. The highest BCUT2D eigenvalue weighted by Crippen LogP contribution is 2.18. The lowest BCUT2D eigenvalue weighted by atomic mass is 10.2. The first kappa shape index (κ1) is 14.7. The van der Waals surface area contributed by atoms with E-state index >= 15 is 0 Å². The molecule has 2 aromatic rings. The first-order chi connectivity index (χ1) is 10.6. The summed E-state index contributed by atoms with van der Waals surface area (Å²) in [7, 11) is 0. The monoisotopic (exact) mass is 303 g/mol. The average molecular weight is 303 g/mol. The molecule has 1 aliphatic heterocycles. The van der Waals surface area contributed by atoms with Gasteiger partial charge in [0.1, 0.15) is 12.1 Å². The third-order valence-corrected chi connectivity index (χ3v) is 4.03. The van der Waals surface area contributed by atoms with Crippen LogP contribution in [0.15, 0.2) is 12.4 Å². The summed E-state index contributed by atoms with van der Waals surface area (Å²) in [5.41, 5.74) is 6.74. The van der Waals surface area contributed by atoms with Crippen LogP contribution in [0.2, 0.25) is 0 Å². The Morgan fingerprint density at radius 1 is 1.36 bits per heavy atom. The van der Waals surface area contributed by atoms with Gasteiger partial charge in [0.2, 0.25) is 5.91 Å². The van der Waals surface area contributed by atoms with Crippen LogP contribution < -0.4 is 10.6 Å². The molecule has 2 N–H and O–H groups in total. The van der Waals surface area contributed by atoms with Crippen molar-refractivity contribution < 1.29 is 4.79 Å². The summed E-state index contributed by atoms with van der Waals surface area (Å²) in [5, 5.41) is 4.23. The van der Waals surface area contributed by atoms with Gasteiger partial charge in [-0.25, -0.2) is 4.98 Å². The zero-order chi connectivity index (χ0) is 15.7. The molecule has 0 radical (unpaired) electrons. The van der Waals surface area contributed by atoms with E-state index in [4.69, 9.17) is 5.73 Å². The molecule has 0 aromatic carbocycles. The third-order valence-electron chi connectivity index (χ3n) is 4.03. The molecular weight excluding hydrogens is 282 g/mol. The summed E-state index contributed by atoms with van der Waals surface area (Å²) < 4.78 is 1.74. The molecule has 1 aliphatic rings. The van der Waals surface area contributed by atoms with Gasteiger partial charge in [-0.3, -0.25) is 4.79 Å². The summed E-state index contributed by atoms with van der Waals surface area (Å²) in [4.78, 5) is 24.7. The summed E-state index contributed by atoms with van der Waals surface area (Å²) >= 11 is 0. The van der Waals surface area contributed by atoms with Crippen molar-refractivity contribution in [2.75, 3.05) is 31.1 Å². The van der Waals surface area contributed by atoms with Gasteiger partial charge < -0.3 is 15.5 Å². The fraction of sp³-hybridized carbons (Fsp3) is 0.571. The molecule has 22 heavy (non-hydrogen) atoms. The highest BCUT2D eigenvalue weighted by molar-refractivity contribution is 5.81. The summed E-state index contributed by atoms with van der Waals surface area (Å²) in [6.45, 7) is 6.72. The lowest BCUT2D eigenvalue weighted by Crippen LogP contribution is -2.53. The van der Waals surface area contributed by atoms with Gasteiger partial charge in [0.15, 0.2) is 0 Å². The highest BCUT2D eigenvalue weighted by atomic mass is 16.2. The van der Waals surface area contributed by atoms with Gasteiger partial charge in [0, 0.05) is 37.9 Å². The Kier molecular flexibility index (Phi) is 3.93. The van der Waals surface area contributed by atoms with E-state index in [-0.39, 0.29) is 5.91 Å². The van der Waals surface area contributed by atoms with E-state index in [1.54, 1.807) is 4.52 Å². The predicted molar refractivity (Wildman–Crippen MR) is 82.6 cm³/mol. The van der Waals surface area contributed by atoms with Gasteiger partial charge in [-0.05, 0) is 13.3 Å². The number of hydrogen-bond acceptors (Lipinski definition) is 6. The van der Waals surface area contributed by atoms with Crippen molar-refractivity contribution in [1.82, 2.24) is 24.5 Å². The summed E-state index contributed by atoms with van der Waals surface area (Å²) in [6.07, 6.45) is 2.17. The third kappa shape index (κ3) is 2.61. The van der Waals surface area contributed by atoms with E-state index in [9.17, 15) is 4.79 Å². The number of anilines is 1. The molecule has 3 rings (SSSR count). The first-order valence-corrected chi connectivity index (χ1v) is 7.57. The Labute approximate surface area is 128 Å². The number of hydrogen-bond donors (Lipinski definition) is 1. The normalized spacial score (nSPS) is 17.0. The highest BCUT2D eigenvalue weighted by Gasteiger charge is 2.25. The topological polar surface area (TPSA) is 92.7 Å². The van der Waals surface area contributed by atoms with Gasteiger partial charge in [0.05, 0.1) is 6.04 Å². The molecular formula is C14H21N7O. The van der Waals surface area contributed by atoms with Crippen LogP contribution >= 0.6 is 0 Å². The van der Waals surface area contributed by atoms with Crippen LogP contribution in [-0.4, -0.2) is 62.6 Å². The number of nitrogens with zero attached hydrogens (tertiary/aromatic N) is 6. The van der Waals surface area contributed by atoms with Gasteiger partial charge in [-0.2, -0.15) is 14.6 Å². The molecule has 0 unspecified atom stereocenters. The van der Waals surface area contributed by atoms with E-state index in [2.05, 4.69) is 20.0 Å². The Morgan fingerprint density at radius 2 is 2.09 bits per heavy atom. The minimum Gasteiger partial charge on any atom is -0.353 e. The lowest BCUT2D eigenvalue weighted by molar-refractivity contribution is -0.132. The summed E-state index contributed by atoms with van der Waals surface area (Å²) in [5.74, 6) is 1.60. The maximum atomic E-state index is 12.1. The molecule has 8 heteroatoms. The molecule has 8 nitrogen and oxygen atoms in total. The molecule has 118 valence electrons. The number of aromatic nitrogens is 4. The second-order valence-electron chi connectivity index (χ2n) is 5.55. The average Bonchev–Trinajstić information content (AvgIpc) is 3.01. The molecule has 0 bridgehead atoms. The van der Waals surface area contributed by atoms with Crippen molar-refractivity contribution in [3.63, 3.8) is 0 Å². The van der Waals surface area contributed by atoms with Crippen LogP contribution in [0.4, 0.5) is 5.82 Å². The number of fused-ring (bicyclic) bond motifs is 1. The van der Waals surface area contributed by atoms with Crippen molar-refractivity contribution in [3.05, 3.63) is 18.1 Å². The second-order valence-corrected chi connectivity index (χ2v) is 5.55. The van der Waals surface area contributed by atoms with Crippen LogP contribution in [0.5, 0.6) is 0 Å². The van der Waals surface area contributed by atoms with Crippen LogP contribution in [-0.2, 0) is 4.79 Å². The van der Waals surface area contributed by atoms with Crippen molar-refractivity contribution in [2.45, 2.75) is 26.3 Å². The molecule has 1 atom stereocenters. The van der Waals surface area contributed by atoms with Gasteiger partial charge in [0.25, 0.3) is 5.78 Å². The molecule has 1 saturated heterocycles. The number of carbonyl (C=O) groups excluding carboxylic acids is 1. The molecule has 2 aromatic heterocycles. The largest absolute Gasteiger partial charge is 0.353 e. The zero-order valence-electron chi connectivity index (χ0n) is 12.9. The fourth-order valence-electron chi connectivity index (χ4n) is 2.70. The fourth-order valence-corrected chi connectivity index (χ4v) is 2.70. The smallest absolute Gasteiger partial charge is 0.254 e. The van der Waals surface area contributed by atoms with Crippen molar-refractivity contribution in [3.8, 4) is 0 Å². The van der Waals surface area contributed by atoms with Gasteiger partial charge in [-0.1, -0.05) is 6.92 Å². The Hall–Kier alpha value is -2.22. The number of amides is 1. The Balaban J connectivity index is 1.76. The SMILES string of the molecule is CC[C@H](N)C(=O)N1CCN(c2cc(C)nc3ncnn23)CC1. The molecule has 0 spiro atoms. The number of carbonyl (C=O) groups is 1.